The fourth-order valence-electron chi connectivity index (χ4n) is 2.89. The van der Waals surface area contributed by atoms with Crippen LogP contribution in [0.15, 0.2) is 23.1 Å². The van der Waals surface area contributed by atoms with E-state index in [1.807, 2.05) is 6.07 Å². The number of aliphatic carboxylic acids is 1. The lowest BCUT2D eigenvalue weighted by molar-refractivity contribution is -0.137. The van der Waals surface area contributed by atoms with Crippen LogP contribution in [-0.2, 0) is 14.4 Å². The van der Waals surface area contributed by atoms with Gasteiger partial charge in [-0.2, -0.15) is 0 Å². The van der Waals surface area contributed by atoms with Crippen molar-refractivity contribution in [2.75, 3.05) is 27.3 Å². The Kier molecular flexibility index (Phi) is 9.80. The van der Waals surface area contributed by atoms with E-state index >= 15 is 0 Å². The molecule has 1 aromatic carbocycles. The van der Waals surface area contributed by atoms with Crippen LogP contribution < -0.4 is 14.8 Å². The second kappa shape index (κ2) is 12.3. The van der Waals surface area contributed by atoms with E-state index in [1.54, 1.807) is 32.4 Å². The normalized spacial score (nSPS) is 14.8. The Morgan fingerprint density at radius 2 is 1.90 bits per heavy atom. The quantitative estimate of drug-likeness (QED) is 0.275. The van der Waals surface area contributed by atoms with Gasteiger partial charge in [-0.3, -0.25) is 19.3 Å². The molecular formula is C21H26N2O6S2. The molecule has 1 aromatic rings. The van der Waals surface area contributed by atoms with Crippen molar-refractivity contribution in [3.8, 4) is 11.5 Å². The first-order chi connectivity index (χ1) is 14.8. The van der Waals surface area contributed by atoms with Crippen molar-refractivity contribution in [1.29, 1.82) is 0 Å². The van der Waals surface area contributed by atoms with Gasteiger partial charge in [0, 0.05) is 25.9 Å². The summed E-state index contributed by atoms with van der Waals surface area (Å²) < 4.78 is 10.9. The molecule has 0 spiro atoms. The van der Waals surface area contributed by atoms with Gasteiger partial charge in [-0.05, 0) is 36.6 Å². The number of nitrogens with zero attached hydrogens (tertiary/aromatic N) is 1. The predicted molar refractivity (Wildman–Crippen MR) is 123 cm³/mol. The van der Waals surface area contributed by atoms with Gasteiger partial charge in [-0.1, -0.05) is 36.5 Å². The number of unbranched alkanes of at least 4 members (excludes halogenated alkanes) is 2. The number of benzene rings is 1. The Morgan fingerprint density at radius 3 is 2.58 bits per heavy atom. The number of carbonyl (C=O) groups is 3. The fraction of sp³-hybridized carbons (Fsp3) is 0.429. The lowest BCUT2D eigenvalue weighted by atomic mass is 10.2. The highest BCUT2D eigenvalue weighted by atomic mass is 32.2. The maximum atomic E-state index is 12.7. The average molecular weight is 467 g/mol. The number of carboxylic acids is 1. The number of amides is 2. The molecule has 1 fully saturated rings. The topological polar surface area (TPSA) is 105 Å². The van der Waals surface area contributed by atoms with E-state index < -0.39 is 5.97 Å². The fourth-order valence-corrected chi connectivity index (χ4v) is 4.20. The third-order valence-electron chi connectivity index (χ3n) is 4.53. The summed E-state index contributed by atoms with van der Waals surface area (Å²) in [6.07, 6.45) is 4.06. The number of thioether (sulfide) groups is 1. The van der Waals surface area contributed by atoms with Gasteiger partial charge in [0.1, 0.15) is 4.32 Å². The van der Waals surface area contributed by atoms with Crippen molar-refractivity contribution >= 4 is 52.2 Å². The number of hydrogen-bond donors (Lipinski definition) is 2. The number of rotatable bonds is 12. The van der Waals surface area contributed by atoms with Crippen LogP contribution in [0.4, 0.5) is 0 Å². The van der Waals surface area contributed by atoms with Crippen molar-refractivity contribution in [1.82, 2.24) is 10.2 Å². The van der Waals surface area contributed by atoms with Crippen LogP contribution in [0.3, 0.4) is 0 Å². The summed E-state index contributed by atoms with van der Waals surface area (Å²) in [5.41, 5.74) is 0.777. The number of thiocarbonyl (C=S) groups is 1. The van der Waals surface area contributed by atoms with E-state index in [0.717, 1.165) is 12.0 Å². The third kappa shape index (κ3) is 7.55. The van der Waals surface area contributed by atoms with Gasteiger partial charge in [0.15, 0.2) is 11.5 Å². The SMILES string of the molecule is COc1ccc(/C=C2\SC(=S)N(CCC(=O)NCCCCCC(=O)O)C2=O)cc1OC. The van der Waals surface area contributed by atoms with E-state index in [-0.39, 0.29) is 31.2 Å². The number of carbonyl (C=O) groups excluding carboxylic acids is 2. The minimum absolute atomic E-state index is 0.138. The van der Waals surface area contributed by atoms with E-state index in [1.165, 1.54) is 16.7 Å². The zero-order valence-corrected chi connectivity index (χ0v) is 19.1. The summed E-state index contributed by atoms with van der Waals surface area (Å²) in [7, 11) is 3.10. The van der Waals surface area contributed by atoms with Crippen molar-refractivity contribution in [3.63, 3.8) is 0 Å². The lowest BCUT2D eigenvalue weighted by Gasteiger charge is -2.14. The van der Waals surface area contributed by atoms with E-state index in [4.69, 9.17) is 26.8 Å². The number of nitrogens with one attached hydrogen (secondary N) is 1. The van der Waals surface area contributed by atoms with Crippen LogP contribution in [0.1, 0.15) is 37.7 Å². The molecule has 0 bridgehead atoms. The third-order valence-corrected chi connectivity index (χ3v) is 5.91. The van der Waals surface area contributed by atoms with Gasteiger partial charge in [0.25, 0.3) is 5.91 Å². The maximum absolute atomic E-state index is 12.7. The molecule has 0 radical (unpaired) electrons. The molecular weight excluding hydrogens is 440 g/mol. The first-order valence-electron chi connectivity index (χ1n) is 9.81. The van der Waals surface area contributed by atoms with Crippen molar-refractivity contribution < 1.29 is 29.0 Å². The monoisotopic (exact) mass is 466 g/mol. The predicted octanol–water partition coefficient (Wildman–Crippen LogP) is 3.06. The summed E-state index contributed by atoms with van der Waals surface area (Å²) in [6, 6.07) is 5.35. The van der Waals surface area contributed by atoms with Crippen LogP contribution in [-0.4, -0.2) is 59.4 Å². The Hall–Kier alpha value is -2.59. The summed E-state index contributed by atoms with van der Waals surface area (Å²) in [5.74, 6) is -0.0541. The Labute approximate surface area is 191 Å². The number of methoxy groups -OCH3 is 2. The largest absolute Gasteiger partial charge is 0.493 e. The minimum Gasteiger partial charge on any atom is -0.493 e. The van der Waals surface area contributed by atoms with Crippen LogP contribution in [0.5, 0.6) is 11.5 Å². The van der Waals surface area contributed by atoms with Gasteiger partial charge >= 0.3 is 5.97 Å². The molecule has 0 aliphatic carbocycles. The van der Waals surface area contributed by atoms with E-state index in [0.29, 0.717) is 40.1 Å². The molecule has 10 heteroatoms. The van der Waals surface area contributed by atoms with Gasteiger partial charge < -0.3 is 19.9 Å². The smallest absolute Gasteiger partial charge is 0.303 e. The summed E-state index contributed by atoms with van der Waals surface area (Å²) in [4.78, 5) is 37.1. The number of ether oxygens (including phenoxy) is 2. The van der Waals surface area contributed by atoms with Crippen molar-refractivity contribution in [2.24, 2.45) is 0 Å². The molecule has 1 heterocycles. The van der Waals surface area contributed by atoms with Gasteiger partial charge in [0.2, 0.25) is 5.91 Å². The Bertz CT molecular complexity index is 871. The van der Waals surface area contributed by atoms with Crippen molar-refractivity contribution in [2.45, 2.75) is 32.1 Å². The van der Waals surface area contributed by atoms with Crippen LogP contribution >= 0.6 is 24.0 Å². The molecule has 2 amide bonds. The molecule has 2 rings (SSSR count). The number of hydrogen-bond acceptors (Lipinski definition) is 7. The summed E-state index contributed by atoms with van der Waals surface area (Å²) in [5, 5.41) is 11.4. The highest BCUT2D eigenvalue weighted by molar-refractivity contribution is 8.26. The lowest BCUT2D eigenvalue weighted by Crippen LogP contribution is -2.33. The van der Waals surface area contributed by atoms with Crippen LogP contribution in [0.2, 0.25) is 0 Å². The average Bonchev–Trinajstić information content (AvgIpc) is 3.01. The highest BCUT2D eigenvalue weighted by Crippen LogP contribution is 2.34. The van der Waals surface area contributed by atoms with Crippen molar-refractivity contribution in [3.05, 3.63) is 28.7 Å². The molecule has 31 heavy (non-hydrogen) atoms. The highest BCUT2D eigenvalue weighted by Gasteiger charge is 2.32. The van der Waals surface area contributed by atoms with E-state index in [2.05, 4.69) is 5.32 Å². The molecule has 0 aromatic heterocycles. The second-order valence-corrected chi connectivity index (χ2v) is 8.43. The zero-order valence-electron chi connectivity index (χ0n) is 17.5. The van der Waals surface area contributed by atoms with Crippen LogP contribution in [0, 0.1) is 0 Å². The molecule has 0 atom stereocenters. The number of carboxylic acid groups (broad SMARTS) is 1. The molecule has 0 unspecified atom stereocenters. The summed E-state index contributed by atoms with van der Waals surface area (Å²) >= 11 is 6.51. The minimum atomic E-state index is -0.812. The summed E-state index contributed by atoms with van der Waals surface area (Å²) in [6.45, 7) is 0.689. The Balaban J connectivity index is 1.84. The molecule has 0 saturated carbocycles. The first kappa shape index (κ1) is 24.7. The molecule has 1 aliphatic heterocycles. The second-order valence-electron chi connectivity index (χ2n) is 6.75. The molecule has 8 nitrogen and oxygen atoms in total. The van der Waals surface area contributed by atoms with Crippen LogP contribution in [0.25, 0.3) is 6.08 Å². The van der Waals surface area contributed by atoms with Gasteiger partial charge in [-0.15, -0.1) is 0 Å². The molecule has 1 saturated heterocycles. The molecule has 2 N–H and O–H groups in total. The molecule has 168 valence electrons. The zero-order chi connectivity index (χ0) is 22.8. The van der Waals surface area contributed by atoms with Gasteiger partial charge in [-0.25, -0.2) is 0 Å². The van der Waals surface area contributed by atoms with E-state index in [9.17, 15) is 14.4 Å². The maximum Gasteiger partial charge on any atom is 0.303 e. The molecule has 1 aliphatic rings. The Morgan fingerprint density at radius 1 is 1.16 bits per heavy atom. The standard InChI is InChI=1S/C21H26N2O6S2/c1-28-15-8-7-14(12-16(15)29-2)13-17-20(27)23(21(30)31-17)11-9-18(24)22-10-5-3-4-6-19(25)26/h7-8,12-13H,3-6,9-11H2,1-2H3,(H,22,24)(H,25,26)/b17-13-. The van der Waals surface area contributed by atoms with Gasteiger partial charge in [0.05, 0.1) is 19.1 Å². The first-order valence-corrected chi connectivity index (χ1v) is 11.0.